The Balaban J connectivity index is 1.55. The second-order valence-corrected chi connectivity index (χ2v) is 6.65. The predicted octanol–water partition coefficient (Wildman–Crippen LogP) is 3.56. The monoisotopic (exact) mass is 366 g/mol. The van der Waals surface area contributed by atoms with Gasteiger partial charge < -0.3 is 9.84 Å². The van der Waals surface area contributed by atoms with E-state index in [4.69, 9.17) is 4.52 Å². The summed E-state index contributed by atoms with van der Waals surface area (Å²) in [7, 11) is 0. The van der Waals surface area contributed by atoms with E-state index in [9.17, 15) is 9.18 Å². The first-order valence-corrected chi connectivity index (χ1v) is 8.94. The van der Waals surface area contributed by atoms with E-state index in [2.05, 4.69) is 20.4 Å². The topological polar surface area (TPSA) is 80.9 Å². The number of hydrogen-bond acceptors (Lipinski definition) is 5. The zero-order valence-electron chi connectivity index (χ0n) is 15.1. The normalized spacial score (nSPS) is 15.6. The zero-order valence-corrected chi connectivity index (χ0v) is 15.1. The van der Waals surface area contributed by atoms with Gasteiger partial charge in [0, 0.05) is 17.7 Å². The Morgan fingerprint density at radius 3 is 3.00 bits per heavy atom. The van der Waals surface area contributed by atoms with Crippen LogP contribution in [-0.2, 0) is 12.8 Å². The summed E-state index contributed by atoms with van der Waals surface area (Å²) in [6.07, 6.45) is 3.36. The van der Waals surface area contributed by atoms with Gasteiger partial charge in [-0.1, -0.05) is 24.2 Å². The molecule has 0 radical (unpaired) electrons. The number of pyridine rings is 1. The van der Waals surface area contributed by atoms with Crippen molar-refractivity contribution in [1.29, 1.82) is 0 Å². The standard InChI is InChI=1S/C20H19FN4O2/c1-3-18-24-19(25-27-18)13-4-6-14-12(9-13)5-7-17(14)23-20(26)15-8-11(2)22-10-16(15)21/h4,6,8-10,17H,3,5,7H2,1-2H3,(H,23,26). The van der Waals surface area contributed by atoms with Crippen molar-refractivity contribution in [1.82, 2.24) is 20.4 Å². The molecule has 0 bridgehead atoms. The number of rotatable bonds is 4. The fourth-order valence-corrected chi connectivity index (χ4v) is 3.38. The third kappa shape index (κ3) is 3.32. The van der Waals surface area contributed by atoms with Gasteiger partial charge in [0.1, 0.15) is 0 Å². The number of carbonyl (C=O) groups is 1. The Labute approximate surface area is 155 Å². The molecule has 1 N–H and O–H groups in total. The molecule has 138 valence electrons. The van der Waals surface area contributed by atoms with Gasteiger partial charge in [-0.3, -0.25) is 9.78 Å². The van der Waals surface area contributed by atoms with Crippen molar-refractivity contribution in [3.63, 3.8) is 0 Å². The number of nitrogens with one attached hydrogen (secondary N) is 1. The van der Waals surface area contributed by atoms with Crippen LogP contribution in [0.25, 0.3) is 11.4 Å². The molecule has 2 heterocycles. The number of aromatic nitrogens is 3. The molecular formula is C20H19FN4O2. The van der Waals surface area contributed by atoms with Crippen LogP contribution in [0.4, 0.5) is 4.39 Å². The lowest BCUT2D eigenvalue weighted by Crippen LogP contribution is -2.28. The molecule has 0 saturated heterocycles. The summed E-state index contributed by atoms with van der Waals surface area (Å²) in [6.45, 7) is 3.69. The van der Waals surface area contributed by atoms with Crippen molar-refractivity contribution in [3.05, 3.63) is 64.6 Å². The lowest BCUT2D eigenvalue weighted by atomic mass is 10.0. The van der Waals surface area contributed by atoms with E-state index in [0.717, 1.165) is 35.7 Å². The Morgan fingerprint density at radius 1 is 1.37 bits per heavy atom. The van der Waals surface area contributed by atoms with Crippen LogP contribution in [0, 0.1) is 12.7 Å². The third-order valence-electron chi connectivity index (χ3n) is 4.79. The van der Waals surface area contributed by atoms with Gasteiger partial charge in [0.05, 0.1) is 17.8 Å². The minimum absolute atomic E-state index is 0.0199. The van der Waals surface area contributed by atoms with Crippen LogP contribution in [0.1, 0.15) is 52.5 Å². The molecule has 0 fully saturated rings. The SMILES string of the molecule is CCc1nc(-c2ccc3c(c2)CCC3NC(=O)c2cc(C)ncc2F)no1. The molecule has 2 aromatic heterocycles. The zero-order chi connectivity index (χ0) is 19.0. The third-order valence-corrected chi connectivity index (χ3v) is 4.79. The highest BCUT2D eigenvalue weighted by molar-refractivity contribution is 5.94. The molecule has 1 aliphatic rings. The molecule has 1 aliphatic carbocycles. The fourth-order valence-electron chi connectivity index (χ4n) is 3.38. The summed E-state index contributed by atoms with van der Waals surface area (Å²) in [6, 6.07) is 7.24. The van der Waals surface area contributed by atoms with Crippen LogP contribution in [0.15, 0.2) is 35.0 Å². The first-order chi connectivity index (χ1) is 13.0. The van der Waals surface area contributed by atoms with E-state index in [0.29, 0.717) is 23.8 Å². The van der Waals surface area contributed by atoms with E-state index in [1.54, 1.807) is 6.92 Å². The van der Waals surface area contributed by atoms with Crippen LogP contribution in [-0.4, -0.2) is 21.0 Å². The molecule has 0 aliphatic heterocycles. The average Bonchev–Trinajstić information content (AvgIpc) is 3.30. The molecule has 7 heteroatoms. The Hall–Kier alpha value is -3.09. The summed E-state index contributed by atoms with van der Waals surface area (Å²) in [5.41, 5.74) is 3.68. The molecule has 1 amide bonds. The van der Waals surface area contributed by atoms with Crippen molar-refractivity contribution in [2.45, 2.75) is 39.2 Å². The van der Waals surface area contributed by atoms with Crippen LogP contribution < -0.4 is 5.32 Å². The Morgan fingerprint density at radius 2 is 2.22 bits per heavy atom. The van der Waals surface area contributed by atoms with Crippen LogP contribution in [0.3, 0.4) is 0 Å². The van der Waals surface area contributed by atoms with Crippen LogP contribution in [0.2, 0.25) is 0 Å². The summed E-state index contributed by atoms with van der Waals surface area (Å²) in [4.78, 5) is 20.7. The summed E-state index contributed by atoms with van der Waals surface area (Å²) >= 11 is 0. The second-order valence-electron chi connectivity index (χ2n) is 6.65. The van der Waals surface area contributed by atoms with E-state index in [-0.39, 0.29) is 11.6 Å². The van der Waals surface area contributed by atoms with E-state index >= 15 is 0 Å². The highest BCUT2D eigenvalue weighted by atomic mass is 19.1. The lowest BCUT2D eigenvalue weighted by molar-refractivity contribution is 0.0932. The number of fused-ring (bicyclic) bond motifs is 1. The minimum Gasteiger partial charge on any atom is -0.345 e. The smallest absolute Gasteiger partial charge is 0.254 e. The van der Waals surface area contributed by atoms with Gasteiger partial charge in [-0.2, -0.15) is 4.98 Å². The fraction of sp³-hybridized carbons (Fsp3) is 0.300. The number of aryl methyl sites for hydroxylation is 3. The van der Waals surface area contributed by atoms with E-state index < -0.39 is 11.7 Å². The molecule has 0 saturated carbocycles. The van der Waals surface area contributed by atoms with Crippen LogP contribution in [0.5, 0.6) is 0 Å². The molecule has 4 rings (SSSR count). The van der Waals surface area contributed by atoms with Crippen molar-refractivity contribution >= 4 is 5.91 Å². The number of carbonyl (C=O) groups excluding carboxylic acids is 1. The maximum Gasteiger partial charge on any atom is 0.254 e. The Bertz CT molecular complexity index is 1010. The van der Waals surface area contributed by atoms with E-state index in [1.165, 1.54) is 6.07 Å². The van der Waals surface area contributed by atoms with Gasteiger partial charge in [-0.05, 0) is 43.0 Å². The second kappa shape index (κ2) is 6.90. The van der Waals surface area contributed by atoms with Gasteiger partial charge >= 0.3 is 0 Å². The first kappa shape index (κ1) is 17.3. The summed E-state index contributed by atoms with van der Waals surface area (Å²) in [5, 5.41) is 6.94. The van der Waals surface area contributed by atoms with Gasteiger partial charge in [0.25, 0.3) is 5.91 Å². The summed E-state index contributed by atoms with van der Waals surface area (Å²) < 4.78 is 19.1. The largest absolute Gasteiger partial charge is 0.345 e. The highest BCUT2D eigenvalue weighted by Crippen LogP contribution is 2.34. The number of nitrogens with zero attached hydrogens (tertiary/aromatic N) is 3. The van der Waals surface area contributed by atoms with Crippen molar-refractivity contribution in [2.75, 3.05) is 0 Å². The number of benzene rings is 1. The maximum atomic E-state index is 13.9. The summed E-state index contributed by atoms with van der Waals surface area (Å²) in [5.74, 6) is 0.128. The van der Waals surface area contributed by atoms with E-state index in [1.807, 2.05) is 25.1 Å². The predicted molar refractivity (Wildman–Crippen MR) is 96.6 cm³/mol. The number of halogens is 1. The molecule has 1 atom stereocenters. The van der Waals surface area contributed by atoms with Gasteiger partial charge in [-0.15, -0.1) is 0 Å². The average molecular weight is 366 g/mol. The maximum absolute atomic E-state index is 13.9. The molecule has 6 nitrogen and oxygen atoms in total. The molecular weight excluding hydrogens is 347 g/mol. The first-order valence-electron chi connectivity index (χ1n) is 8.94. The quantitative estimate of drug-likeness (QED) is 0.764. The highest BCUT2D eigenvalue weighted by Gasteiger charge is 2.26. The minimum atomic E-state index is -0.615. The van der Waals surface area contributed by atoms with Gasteiger partial charge in [0.15, 0.2) is 5.82 Å². The van der Waals surface area contributed by atoms with Gasteiger partial charge in [0.2, 0.25) is 11.7 Å². The van der Waals surface area contributed by atoms with Crippen molar-refractivity contribution < 1.29 is 13.7 Å². The molecule has 1 aromatic carbocycles. The molecule has 1 unspecified atom stereocenters. The van der Waals surface area contributed by atoms with Crippen molar-refractivity contribution in [3.8, 4) is 11.4 Å². The molecule has 0 spiro atoms. The van der Waals surface area contributed by atoms with Crippen molar-refractivity contribution in [2.24, 2.45) is 0 Å². The molecule has 3 aromatic rings. The van der Waals surface area contributed by atoms with Crippen LogP contribution >= 0.6 is 0 Å². The molecule has 27 heavy (non-hydrogen) atoms. The van der Waals surface area contributed by atoms with Gasteiger partial charge in [-0.25, -0.2) is 4.39 Å². The Kier molecular flexibility index (Phi) is 4.43. The lowest BCUT2D eigenvalue weighted by Gasteiger charge is -2.15. The number of amides is 1. The number of hydrogen-bond donors (Lipinski definition) is 1.